The lowest BCUT2D eigenvalue weighted by Gasteiger charge is -2.46. The first kappa shape index (κ1) is 21.2. The molecule has 2 aromatic carbocycles. The molecule has 2 fully saturated rings. The highest BCUT2D eigenvalue weighted by atomic mass is 35.5. The van der Waals surface area contributed by atoms with Crippen LogP contribution in [0.3, 0.4) is 0 Å². The zero-order chi connectivity index (χ0) is 20.0. The fraction of sp³-hybridized carbons (Fsp3) is 0.480. The van der Waals surface area contributed by atoms with Gasteiger partial charge in [-0.15, -0.1) is 12.4 Å². The second kappa shape index (κ2) is 8.24. The number of likely N-dealkylation sites (tertiary alicyclic amines) is 1. The maximum Gasteiger partial charge on any atom is 0.247 e. The van der Waals surface area contributed by atoms with Crippen LogP contribution < -0.4 is 10.2 Å². The van der Waals surface area contributed by atoms with Crippen LogP contribution in [0.4, 0.5) is 5.69 Å². The third kappa shape index (κ3) is 3.50. The van der Waals surface area contributed by atoms with E-state index in [9.17, 15) is 4.79 Å². The number of nitrogens with zero attached hydrogens (tertiary/aromatic N) is 2. The van der Waals surface area contributed by atoms with Crippen LogP contribution in [0.15, 0.2) is 42.5 Å². The summed E-state index contributed by atoms with van der Waals surface area (Å²) >= 11 is 0. The van der Waals surface area contributed by atoms with E-state index >= 15 is 0 Å². The SMILES string of the molecule is Cc1cc(C)c2c(c1)CC(N1CCC3(CC1)C(=O)NCN3c1ccccc1)CC2.Cl. The minimum atomic E-state index is -0.377. The summed E-state index contributed by atoms with van der Waals surface area (Å²) in [7, 11) is 0. The van der Waals surface area contributed by atoms with Gasteiger partial charge in [-0.25, -0.2) is 0 Å². The Bertz CT molecular complexity index is 921. The first-order chi connectivity index (χ1) is 14.1. The Kier molecular flexibility index (Phi) is 5.82. The van der Waals surface area contributed by atoms with Crippen molar-refractivity contribution in [1.82, 2.24) is 10.2 Å². The number of piperidine rings is 1. The van der Waals surface area contributed by atoms with Gasteiger partial charge in [0.15, 0.2) is 0 Å². The highest BCUT2D eigenvalue weighted by Gasteiger charge is 2.50. The van der Waals surface area contributed by atoms with Gasteiger partial charge in [-0.2, -0.15) is 0 Å². The van der Waals surface area contributed by atoms with Gasteiger partial charge in [-0.1, -0.05) is 35.9 Å². The van der Waals surface area contributed by atoms with Crippen molar-refractivity contribution in [3.8, 4) is 0 Å². The van der Waals surface area contributed by atoms with Crippen LogP contribution in [0, 0.1) is 13.8 Å². The van der Waals surface area contributed by atoms with Crippen LogP contribution >= 0.6 is 12.4 Å². The van der Waals surface area contributed by atoms with Crippen LogP contribution in [-0.2, 0) is 17.6 Å². The summed E-state index contributed by atoms with van der Waals surface area (Å²) in [5.74, 6) is 0.209. The highest BCUT2D eigenvalue weighted by molar-refractivity contribution is 5.93. The number of halogens is 1. The molecule has 2 saturated heterocycles. The number of carbonyl (C=O) groups is 1. The second-order valence-corrected chi connectivity index (χ2v) is 9.11. The molecule has 1 unspecified atom stereocenters. The van der Waals surface area contributed by atoms with E-state index in [0.717, 1.165) is 38.0 Å². The highest BCUT2D eigenvalue weighted by Crippen LogP contribution is 2.38. The van der Waals surface area contributed by atoms with Crippen molar-refractivity contribution in [2.24, 2.45) is 0 Å². The van der Waals surface area contributed by atoms with Gasteiger partial charge >= 0.3 is 0 Å². The third-order valence-electron chi connectivity index (χ3n) is 7.44. The molecule has 30 heavy (non-hydrogen) atoms. The number of carbonyl (C=O) groups excluding carboxylic acids is 1. The van der Waals surface area contributed by atoms with Gasteiger partial charge in [0.2, 0.25) is 5.91 Å². The van der Waals surface area contributed by atoms with Crippen molar-refractivity contribution in [3.05, 3.63) is 64.7 Å². The Morgan fingerprint density at radius 1 is 1.07 bits per heavy atom. The van der Waals surface area contributed by atoms with Crippen LogP contribution in [0.25, 0.3) is 0 Å². The maximum atomic E-state index is 12.9. The van der Waals surface area contributed by atoms with E-state index in [4.69, 9.17) is 0 Å². The Morgan fingerprint density at radius 3 is 2.53 bits per heavy atom. The van der Waals surface area contributed by atoms with Crippen LogP contribution in [0.5, 0.6) is 0 Å². The van der Waals surface area contributed by atoms with Gasteiger partial charge in [0.25, 0.3) is 0 Å². The molecule has 5 rings (SSSR count). The summed E-state index contributed by atoms with van der Waals surface area (Å²) in [5.41, 5.74) is 6.72. The first-order valence-electron chi connectivity index (χ1n) is 11.0. The molecule has 1 spiro atoms. The predicted molar refractivity (Wildman–Crippen MR) is 124 cm³/mol. The number of aryl methyl sites for hydroxylation is 2. The normalized spacial score (nSPS) is 23.1. The lowest BCUT2D eigenvalue weighted by atomic mass is 9.81. The Morgan fingerprint density at radius 2 is 1.80 bits per heavy atom. The molecule has 160 valence electrons. The molecule has 0 saturated carbocycles. The molecule has 0 bridgehead atoms. The number of hydrogen-bond acceptors (Lipinski definition) is 3. The van der Waals surface area contributed by atoms with E-state index in [1.807, 2.05) is 6.07 Å². The number of para-hydroxylation sites is 1. The van der Waals surface area contributed by atoms with Crippen molar-refractivity contribution in [3.63, 3.8) is 0 Å². The summed E-state index contributed by atoms with van der Waals surface area (Å²) in [6.45, 7) is 7.09. The van der Waals surface area contributed by atoms with Crippen molar-refractivity contribution in [2.75, 3.05) is 24.7 Å². The Labute approximate surface area is 186 Å². The van der Waals surface area contributed by atoms with Crippen molar-refractivity contribution >= 4 is 24.0 Å². The molecule has 1 aliphatic carbocycles. The van der Waals surface area contributed by atoms with Crippen molar-refractivity contribution < 1.29 is 4.79 Å². The summed E-state index contributed by atoms with van der Waals surface area (Å²) in [4.78, 5) is 17.8. The molecule has 0 radical (unpaired) electrons. The van der Waals surface area contributed by atoms with E-state index in [2.05, 4.69) is 65.4 Å². The largest absolute Gasteiger partial charge is 0.339 e. The number of rotatable bonds is 2. The summed E-state index contributed by atoms with van der Waals surface area (Å²) in [6.07, 6.45) is 5.39. The van der Waals surface area contributed by atoms with E-state index in [0.29, 0.717) is 12.7 Å². The van der Waals surface area contributed by atoms with Gasteiger partial charge in [-0.3, -0.25) is 9.69 Å². The van der Waals surface area contributed by atoms with Crippen LogP contribution in [0.2, 0.25) is 0 Å². The smallest absolute Gasteiger partial charge is 0.247 e. The molecule has 4 nitrogen and oxygen atoms in total. The van der Waals surface area contributed by atoms with Gasteiger partial charge in [0.05, 0.1) is 6.67 Å². The Hall–Kier alpha value is -2.04. The Balaban J connectivity index is 0.00000218. The maximum absolute atomic E-state index is 12.9. The summed E-state index contributed by atoms with van der Waals surface area (Å²) in [5, 5.41) is 3.12. The standard InChI is InChI=1S/C25H31N3O.ClH/c1-18-14-19(2)23-9-8-22(16-20(23)15-18)27-12-10-25(11-13-27)24(29)26-17-28(25)21-6-4-3-5-7-21;/h3-7,14-15,22H,8-13,16-17H2,1-2H3,(H,26,29);1H. The van der Waals surface area contributed by atoms with E-state index in [1.165, 1.54) is 24.0 Å². The molecule has 1 N–H and O–H groups in total. The van der Waals surface area contributed by atoms with E-state index < -0.39 is 0 Å². The minimum Gasteiger partial charge on any atom is -0.339 e. The minimum absolute atomic E-state index is 0. The zero-order valence-electron chi connectivity index (χ0n) is 18.0. The number of nitrogens with one attached hydrogen (secondary N) is 1. The van der Waals surface area contributed by atoms with Gasteiger partial charge < -0.3 is 10.2 Å². The molecule has 2 aliphatic heterocycles. The third-order valence-corrected chi connectivity index (χ3v) is 7.44. The number of amides is 1. The lowest BCUT2D eigenvalue weighted by Crippen LogP contribution is -2.58. The average Bonchev–Trinajstić information content (AvgIpc) is 3.04. The fourth-order valence-corrected chi connectivity index (χ4v) is 5.90. The van der Waals surface area contributed by atoms with Crippen molar-refractivity contribution in [2.45, 2.75) is 57.5 Å². The first-order valence-corrected chi connectivity index (χ1v) is 11.0. The topological polar surface area (TPSA) is 35.6 Å². The average molecular weight is 426 g/mol. The van der Waals surface area contributed by atoms with Gasteiger partial charge in [0.1, 0.15) is 5.54 Å². The molecule has 5 heteroatoms. The number of hydrogen-bond donors (Lipinski definition) is 1. The fourth-order valence-electron chi connectivity index (χ4n) is 5.90. The predicted octanol–water partition coefficient (Wildman–Crippen LogP) is 4.01. The molecule has 1 amide bonds. The summed E-state index contributed by atoms with van der Waals surface area (Å²) in [6, 6.07) is 15.7. The van der Waals surface area contributed by atoms with E-state index in [-0.39, 0.29) is 23.9 Å². The lowest BCUT2D eigenvalue weighted by molar-refractivity contribution is -0.125. The molecule has 1 atom stereocenters. The summed E-state index contributed by atoms with van der Waals surface area (Å²) < 4.78 is 0. The van der Waals surface area contributed by atoms with Crippen LogP contribution in [-0.4, -0.2) is 42.1 Å². The number of benzene rings is 2. The van der Waals surface area contributed by atoms with E-state index in [1.54, 1.807) is 11.1 Å². The monoisotopic (exact) mass is 425 g/mol. The number of fused-ring (bicyclic) bond motifs is 1. The molecular formula is C25H32ClN3O. The quantitative estimate of drug-likeness (QED) is 0.789. The molecule has 2 heterocycles. The molecule has 2 aromatic rings. The zero-order valence-corrected chi connectivity index (χ0v) is 18.8. The van der Waals surface area contributed by atoms with Gasteiger partial charge in [0, 0.05) is 24.8 Å². The van der Waals surface area contributed by atoms with Crippen molar-refractivity contribution in [1.29, 1.82) is 0 Å². The van der Waals surface area contributed by atoms with Crippen LogP contribution in [0.1, 0.15) is 41.5 Å². The molecule has 3 aliphatic rings. The molecule has 0 aromatic heterocycles. The number of anilines is 1. The molecular weight excluding hydrogens is 394 g/mol. The van der Waals surface area contributed by atoms with Gasteiger partial charge in [-0.05, 0) is 74.8 Å². The second-order valence-electron chi connectivity index (χ2n) is 9.11.